The lowest BCUT2D eigenvalue weighted by Crippen LogP contribution is -2.33. The van der Waals surface area contributed by atoms with Crippen molar-refractivity contribution in [1.29, 1.82) is 0 Å². The number of pyridine rings is 1. The van der Waals surface area contributed by atoms with E-state index in [9.17, 15) is 0 Å². The molecule has 2 aromatic carbocycles. The molecule has 0 N–H and O–H groups in total. The predicted molar refractivity (Wildman–Crippen MR) is 107 cm³/mol. The highest BCUT2D eigenvalue weighted by Crippen LogP contribution is 2.46. The Hall–Kier alpha value is -3.01. The summed E-state index contributed by atoms with van der Waals surface area (Å²) in [4.78, 5) is 8.02. The van der Waals surface area contributed by atoms with Crippen LogP contribution in [0.15, 0.2) is 59.1 Å². The molecule has 0 radical (unpaired) electrons. The molecule has 130 valence electrons. The molecule has 1 aliphatic heterocycles. The zero-order valence-corrected chi connectivity index (χ0v) is 14.7. The Morgan fingerprint density at radius 2 is 1.96 bits per heavy atom. The molecule has 0 amide bonds. The third kappa shape index (κ3) is 2.05. The quantitative estimate of drug-likeness (QED) is 0.471. The fourth-order valence-corrected chi connectivity index (χ4v) is 3.79. The minimum Gasteiger partial charge on any atom is -0.435 e. The van der Waals surface area contributed by atoms with Crippen LogP contribution in [0.5, 0.6) is 0 Å². The molecule has 0 saturated carbocycles. The van der Waals surface area contributed by atoms with Gasteiger partial charge in [-0.2, -0.15) is 0 Å². The summed E-state index contributed by atoms with van der Waals surface area (Å²) in [6.45, 7) is 1.21. The SMILES string of the molecule is [2H]C([2H])([2H])C([2H])(C)N1CN(c2c(C)ccc3c2oc2ncccc23)c2ccccc21. The van der Waals surface area contributed by atoms with Crippen molar-refractivity contribution in [2.24, 2.45) is 0 Å². The van der Waals surface area contributed by atoms with Crippen molar-refractivity contribution in [2.45, 2.75) is 26.7 Å². The van der Waals surface area contributed by atoms with Gasteiger partial charge in [0.2, 0.25) is 5.71 Å². The summed E-state index contributed by atoms with van der Waals surface area (Å²) in [5.41, 5.74) is 4.71. The monoisotopic (exact) mass is 347 g/mol. The Balaban J connectivity index is 1.74. The number of hydrogen-bond acceptors (Lipinski definition) is 4. The van der Waals surface area contributed by atoms with Crippen LogP contribution in [0.1, 0.15) is 24.8 Å². The molecule has 1 aliphatic rings. The summed E-state index contributed by atoms with van der Waals surface area (Å²) in [6, 6.07) is 13.7. The number of rotatable bonds is 2. The smallest absolute Gasteiger partial charge is 0.227 e. The Kier molecular flexibility index (Phi) is 2.45. The van der Waals surface area contributed by atoms with E-state index in [2.05, 4.69) is 4.98 Å². The fraction of sp³-hybridized carbons (Fsp3) is 0.227. The van der Waals surface area contributed by atoms with Crippen molar-refractivity contribution in [3.63, 3.8) is 0 Å². The molecule has 1 unspecified atom stereocenters. The van der Waals surface area contributed by atoms with Gasteiger partial charge in [-0.25, -0.2) is 4.98 Å². The van der Waals surface area contributed by atoms with Gasteiger partial charge in [0, 0.05) is 27.1 Å². The number of anilines is 3. The van der Waals surface area contributed by atoms with Crippen molar-refractivity contribution in [3.05, 3.63) is 60.3 Å². The number of para-hydroxylation sites is 2. The van der Waals surface area contributed by atoms with Gasteiger partial charge in [-0.15, -0.1) is 0 Å². The molecule has 4 nitrogen and oxygen atoms in total. The molecule has 0 aliphatic carbocycles. The maximum atomic E-state index is 8.67. The molecule has 4 heteroatoms. The molecule has 0 fully saturated rings. The van der Waals surface area contributed by atoms with Crippen molar-refractivity contribution >= 4 is 39.1 Å². The van der Waals surface area contributed by atoms with Crippen LogP contribution in [0.4, 0.5) is 17.1 Å². The van der Waals surface area contributed by atoms with Crippen LogP contribution in [0.25, 0.3) is 22.1 Å². The van der Waals surface area contributed by atoms with E-state index in [-0.39, 0.29) is 6.67 Å². The highest BCUT2D eigenvalue weighted by molar-refractivity contribution is 6.09. The molecule has 2 aromatic heterocycles. The van der Waals surface area contributed by atoms with Gasteiger partial charge in [0.25, 0.3) is 0 Å². The number of hydrogen-bond donors (Lipinski definition) is 0. The summed E-state index contributed by atoms with van der Waals surface area (Å²) in [6.07, 6.45) is 1.70. The first-order chi connectivity index (χ1) is 14.2. The summed E-state index contributed by atoms with van der Waals surface area (Å²) in [5.74, 6) is 0. The summed E-state index contributed by atoms with van der Waals surface area (Å²) in [5, 5.41) is 1.89. The van der Waals surface area contributed by atoms with Crippen molar-refractivity contribution < 1.29 is 9.90 Å². The van der Waals surface area contributed by atoms with Crippen LogP contribution in [-0.2, 0) is 0 Å². The second kappa shape index (κ2) is 5.49. The molecular weight excluding hydrogens is 322 g/mol. The number of benzene rings is 2. The van der Waals surface area contributed by atoms with Gasteiger partial charge in [-0.1, -0.05) is 24.3 Å². The Morgan fingerprint density at radius 1 is 1.12 bits per heavy atom. The molecular formula is C22H21N3O. The van der Waals surface area contributed by atoms with Crippen molar-refractivity contribution in [1.82, 2.24) is 4.98 Å². The number of aromatic nitrogens is 1. The second-order valence-corrected chi connectivity index (χ2v) is 6.64. The van der Waals surface area contributed by atoms with E-state index in [4.69, 9.17) is 9.90 Å². The standard InChI is InChI=1S/C22H21N3O/c1-14(2)24-13-25(19-9-5-4-8-18(19)24)20-15(3)10-11-16-17-7-6-12-23-22(17)26-21(16)20/h4-12,14H,13H2,1-3H3/i1D3,14D. The average Bonchev–Trinajstić information content (AvgIpc) is 3.26. The van der Waals surface area contributed by atoms with Crippen molar-refractivity contribution in [2.75, 3.05) is 16.5 Å². The Morgan fingerprint density at radius 3 is 2.81 bits per heavy atom. The van der Waals surface area contributed by atoms with Gasteiger partial charge in [0.1, 0.15) is 0 Å². The van der Waals surface area contributed by atoms with Gasteiger partial charge in [-0.3, -0.25) is 0 Å². The zero-order chi connectivity index (χ0) is 21.3. The highest BCUT2D eigenvalue weighted by Gasteiger charge is 2.31. The topological polar surface area (TPSA) is 32.5 Å². The van der Waals surface area contributed by atoms with Crippen LogP contribution in [-0.4, -0.2) is 17.7 Å². The minimum atomic E-state index is -2.47. The van der Waals surface area contributed by atoms with E-state index < -0.39 is 12.9 Å². The molecule has 0 spiro atoms. The largest absolute Gasteiger partial charge is 0.435 e. The van der Waals surface area contributed by atoms with E-state index in [1.807, 2.05) is 60.4 Å². The number of nitrogens with zero attached hydrogens (tertiary/aromatic N) is 3. The van der Waals surface area contributed by atoms with Crippen LogP contribution >= 0.6 is 0 Å². The third-order valence-electron chi connectivity index (χ3n) is 5.01. The van der Waals surface area contributed by atoms with Gasteiger partial charge >= 0.3 is 0 Å². The molecule has 1 atom stereocenters. The molecule has 26 heavy (non-hydrogen) atoms. The third-order valence-corrected chi connectivity index (χ3v) is 5.01. The predicted octanol–water partition coefficient (Wildman–Crippen LogP) is 5.61. The summed E-state index contributed by atoms with van der Waals surface area (Å²) >= 11 is 0. The molecule has 0 bridgehead atoms. The van der Waals surface area contributed by atoms with Crippen molar-refractivity contribution in [3.8, 4) is 0 Å². The van der Waals surface area contributed by atoms with Crippen LogP contribution in [0.2, 0.25) is 0 Å². The summed E-state index contributed by atoms with van der Waals surface area (Å²) in [7, 11) is 0. The summed E-state index contributed by atoms with van der Waals surface area (Å²) < 4.78 is 38.6. The molecule has 5 rings (SSSR count). The highest BCUT2D eigenvalue weighted by atomic mass is 16.3. The van der Waals surface area contributed by atoms with E-state index >= 15 is 0 Å². The van der Waals surface area contributed by atoms with Gasteiger partial charge in [0.05, 0.1) is 25.1 Å². The van der Waals surface area contributed by atoms with E-state index in [0.717, 1.165) is 33.4 Å². The number of aryl methyl sites for hydroxylation is 1. The first-order valence-corrected chi connectivity index (χ1v) is 8.61. The van der Waals surface area contributed by atoms with Crippen LogP contribution in [0.3, 0.4) is 0 Å². The first-order valence-electron chi connectivity index (χ1n) is 10.6. The molecule has 4 aromatic rings. The van der Waals surface area contributed by atoms with Gasteiger partial charge in [-0.05, 0) is 50.5 Å². The van der Waals surface area contributed by atoms with Crippen LogP contribution < -0.4 is 9.80 Å². The maximum absolute atomic E-state index is 8.67. The lowest BCUT2D eigenvalue weighted by molar-refractivity contribution is 0.651. The maximum Gasteiger partial charge on any atom is 0.227 e. The van der Waals surface area contributed by atoms with Crippen LogP contribution in [0, 0.1) is 6.92 Å². The normalized spacial score (nSPS) is 19.0. The first kappa shape index (κ1) is 11.6. The number of fused-ring (bicyclic) bond motifs is 4. The Labute approximate surface area is 158 Å². The molecule has 3 heterocycles. The average molecular weight is 347 g/mol. The molecule has 0 saturated heterocycles. The van der Waals surface area contributed by atoms with Gasteiger partial charge < -0.3 is 14.2 Å². The lowest BCUT2D eigenvalue weighted by Gasteiger charge is -2.26. The Bertz CT molecular complexity index is 1280. The van der Waals surface area contributed by atoms with E-state index in [1.165, 1.54) is 6.92 Å². The van der Waals surface area contributed by atoms with Gasteiger partial charge in [0.15, 0.2) is 5.58 Å². The zero-order valence-electron chi connectivity index (χ0n) is 18.7. The fourth-order valence-electron chi connectivity index (χ4n) is 3.79. The minimum absolute atomic E-state index is 0.238. The van der Waals surface area contributed by atoms with E-state index in [0.29, 0.717) is 11.3 Å². The number of furan rings is 1. The van der Waals surface area contributed by atoms with E-state index in [1.54, 1.807) is 11.1 Å². The lowest BCUT2D eigenvalue weighted by atomic mass is 10.1. The second-order valence-electron chi connectivity index (χ2n) is 6.64.